The second kappa shape index (κ2) is 5.63. The van der Waals surface area contributed by atoms with Gasteiger partial charge in [-0.25, -0.2) is 9.97 Å². The molecular formula is C19H18N2O2. The number of aromatic nitrogens is 2. The van der Waals surface area contributed by atoms with Gasteiger partial charge in [-0.2, -0.15) is 0 Å². The van der Waals surface area contributed by atoms with Gasteiger partial charge >= 0.3 is 0 Å². The molecule has 0 atom stereocenters. The van der Waals surface area contributed by atoms with Gasteiger partial charge in [0, 0.05) is 23.2 Å². The number of benzene rings is 1. The molecule has 1 aliphatic carbocycles. The van der Waals surface area contributed by atoms with Crippen LogP contribution >= 0.6 is 0 Å². The predicted molar refractivity (Wildman–Crippen MR) is 89.4 cm³/mol. The van der Waals surface area contributed by atoms with Gasteiger partial charge < -0.3 is 9.84 Å². The molecule has 4 heteroatoms. The minimum atomic E-state index is 0.0314. The van der Waals surface area contributed by atoms with Gasteiger partial charge in [0.2, 0.25) is 5.88 Å². The molecule has 4 nitrogen and oxygen atoms in total. The molecule has 1 fully saturated rings. The fraction of sp³-hybridized carbons (Fsp3) is 0.263. The highest BCUT2D eigenvalue weighted by Crippen LogP contribution is 2.44. The van der Waals surface area contributed by atoms with Crippen molar-refractivity contribution in [3.05, 3.63) is 53.7 Å². The number of pyridine rings is 2. The fourth-order valence-corrected chi connectivity index (χ4v) is 2.96. The maximum atomic E-state index is 9.39. The van der Waals surface area contributed by atoms with E-state index in [9.17, 15) is 5.11 Å². The number of aliphatic hydroxyl groups excluding tert-OH is 1. The van der Waals surface area contributed by atoms with Crippen LogP contribution in [0.15, 0.2) is 42.6 Å². The van der Waals surface area contributed by atoms with Crippen LogP contribution < -0.4 is 4.74 Å². The molecule has 0 amide bonds. The average Bonchev–Trinajstić information content (AvgIpc) is 3.45. The van der Waals surface area contributed by atoms with Crippen molar-refractivity contribution in [1.82, 2.24) is 9.97 Å². The number of nitrogens with zero attached hydrogens (tertiary/aromatic N) is 2. The Kier molecular flexibility index (Phi) is 3.46. The monoisotopic (exact) mass is 306 g/mol. The lowest BCUT2D eigenvalue weighted by atomic mass is 10.00. The molecule has 1 N–H and O–H groups in total. The van der Waals surface area contributed by atoms with Gasteiger partial charge in [0.1, 0.15) is 0 Å². The topological polar surface area (TPSA) is 55.2 Å². The molecular weight excluding hydrogens is 288 g/mol. The molecule has 0 saturated heterocycles. The third-order valence-corrected chi connectivity index (χ3v) is 4.35. The zero-order chi connectivity index (χ0) is 15.8. The van der Waals surface area contributed by atoms with Gasteiger partial charge in [-0.05, 0) is 48.1 Å². The van der Waals surface area contributed by atoms with Crippen LogP contribution in [0.5, 0.6) is 5.88 Å². The fourth-order valence-electron chi connectivity index (χ4n) is 2.96. The molecule has 0 radical (unpaired) electrons. The number of methoxy groups -OCH3 is 1. The first-order chi connectivity index (χ1) is 11.3. The Morgan fingerprint density at radius 2 is 2.04 bits per heavy atom. The van der Waals surface area contributed by atoms with Crippen molar-refractivity contribution in [2.45, 2.75) is 25.4 Å². The van der Waals surface area contributed by atoms with E-state index in [0.717, 1.165) is 22.3 Å². The summed E-state index contributed by atoms with van der Waals surface area (Å²) in [6.07, 6.45) is 4.21. The Hall–Kier alpha value is -2.46. The van der Waals surface area contributed by atoms with Gasteiger partial charge in [0.15, 0.2) is 0 Å². The highest BCUT2D eigenvalue weighted by Gasteiger charge is 2.26. The first-order valence-electron chi connectivity index (χ1n) is 7.83. The summed E-state index contributed by atoms with van der Waals surface area (Å²) in [5.74, 6) is 1.21. The molecule has 0 aliphatic heterocycles. The van der Waals surface area contributed by atoms with Gasteiger partial charge in [-0.1, -0.05) is 12.1 Å². The summed E-state index contributed by atoms with van der Waals surface area (Å²) in [4.78, 5) is 8.97. The highest BCUT2D eigenvalue weighted by molar-refractivity contribution is 5.86. The standard InChI is InChI=1S/C19H18N2O2/c1-23-19-9-14(6-7-20-19)17-10-16(13-3-4-13)15-5-2-12(11-22)8-18(15)21-17/h2,5-10,13,22H,3-4,11H2,1H3. The van der Waals surface area contributed by atoms with E-state index in [4.69, 9.17) is 9.72 Å². The second-order valence-electron chi connectivity index (χ2n) is 5.97. The van der Waals surface area contributed by atoms with Crippen LogP contribution in [0.2, 0.25) is 0 Å². The van der Waals surface area contributed by atoms with Crippen molar-refractivity contribution in [1.29, 1.82) is 0 Å². The molecule has 2 aromatic heterocycles. The summed E-state index contributed by atoms with van der Waals surface area (Å²) in [6.45, 7) is 0.0314. The Labute approximate surface area is 134 Å². The summed E-state index contributed by atoms with van der Waals surface area (Å²) in [5.41, 5.74) is 5.10. The molecule has 1 saturated carbocycles. The Bertz CT molecular complexity index is 872. The number of hydrogen-bond donors (Lipinski definition) is 1. The quantitative estimate of drug-likeness (QED) is 0.799. The van der Waals surface area contributed by atoms with Gasteiger partial charge in [-0.3, -0.25) is 0 Å². The number of fused-ring (bicyclic) bond motifs is 1. The van der Waals surface area contributed by atoms with Crippen LogP contribution in [0.25, 0.3) is 22.2 Å². The normalized spacial score (nSPS) is 14.2. The van der Waals surface area contributed by atoms with Crippen LogP contribution in [0.3, 0.4) is 0 Å². The zero-order valence-corrected chi connectivity index (χ0v) is 13.0. The maximum Gasteiger partial charge on any atom is 0.213 e. The molecule has 4 rings (SSSR count). The molecule has 1 aliphatic rings. The Balaban J connectivity index is 1.92. The molecule has 2 heterocycles. The van der Waals surface area contributed by atoms with Gasteiger partial charge in [0.25, 0.3) is 0 Å². The number of hydrogen-bond acceptors (Lipinski definition) is 4. The van der Waals surface area contributed by atoms with Gasteiger partial charge in [-0.15, -0.1) is 0 Å². The predicted octanol–water partition coefficient (Wildman–Crippen LogP) is 3.68. The van der Waals surface area contributed by atoms with Crippen LogP contribution in [0.4, 0.5) is 0 Å². The summed E-state index contributed by atoms with van der Waals surface area (Å²) in [6, 6.07) is 12.1. The van der Waals surface area contributed by atoms with Crippen LogP contribution in [-0.4, -0.2) is 22.2 Å². The summed E-state index contributed by atoms with van der Waals surface area (Å²) < 4.78 is 5.22. The van der Waals surface area contributed by atoms with E-state index < -0.39 is 0 Å². The van der Waals surface area contributed by atoms with Gasteiger partial charge in [0.05, 0.1) is 24.9 Å². The van der Waals surface area contributed by atoms with E-state index >= 15 is 0 Å². The Morgan fingerprint density at radius 1 is 1.17 bits per heavy atom. The third kappa shape index (κ3) is 2.66. The third-order valence-electron chi connectivity index (χ3n) is 4.35. The molecule has 0 bridgehead atoms. The molecule has 3 aromatic rings. The number of ether oxygens (including phenoxy) is 1. The van der Waals surface area contributed by atoms with Crippen LogP contribution in [0, 0.1) is 0 Å². The lowest BCUT2D eigenvalue weighted by molar-refractivity contribution is 0.282. The molecule has 23 heavy (non-hydrogen) atoms. The van der Waals surface area contributed by atoms with Crippen molar-refractivity contribution < 1.29 is 9.84 Å². The second-order valence-corrected chi connectivity index (χ2v) is 5.97. The minimum Gasteiger partial charge on any atom is -0.481 e. The maximum absolute atomic E-state index is 9.39. The van der Waals surface area contributed by atoms with Crippen molar-refractivity contribution >= 4 is 10.9 Å². The minimum absolute atomic E-state index is 0.0314. The molecule has 116 valence electrons. The highest BCUT2D eigenvalue weighted by atomic mass is 16.5. The van der Waals surface area contributed by atoms with E-state index in [1.807, 2.05) is 24.3 Å². The summed E-state index contributed by atoms with van der Waals surface area (Å²) in [5, 5.41) is 10.6. The molecule has 0 spiro atoms. The molecule has 1 aromatic carbocycles. The Morgan fingerprint density at radius 3 is 2.78 bits per heavy atom. The largest absolute Gasteiger partial charge is 0.481 e. The first kappa shape index (κ1) is 14.2. The van der Waals surface area contributed by atoms with E-state index in [-0.39, 0.29) is 6.61 Å². The van der Waals surface area contributed by atoms with E-state index in [1.165, 1.54) is 23.8 Å². The van der Waals surface area contributed by atoms with Crippen molar-refractivity contribution in [2.75, 3.05) is 7.11 Å². The van der Waals surface area contributed by atoms with E-state index in [0.29, 0.717) is 11.8 Å². The summed E-state index contributed by atoms with van der Waals surface area (Å²) in [7, 11) is 1.61. The van der Waals surface area contributed by atoms with E-state index in [2.05, 4.69) is 17.1 Å². The number of aliphatic hydroxyl groups is 1. The van der Waals surface area contributed by atoms with Crippen LogP contribution in [0.1, 0.15) is 29.9 Å². The SMILES string of the molecule is COc1cc(-c2cc(C3CC3)c3ccc(CO)cc3n2)ccn1. The smallest absolute Gasteiger partial charge is 0.213 e. The van der Waals surface area contributed by atoms with Crippen molar-refractivity contribution in [2.24, 2.45) is 0 Å². The van der Waals surface area contributed by atoms with Crippen molar-refractivity contribution in [3.8, 4) is 17.1 Å². The molecule has 0 unspecified atom stereocenters. The zero-order valence-electron chi connectivity index (χ0n) is 13.0. The average molecular weight is 306 g/mol. The number of rotatable bonds is 4. The van der Waals surface area contributed by atoms with E-state index in [1.54, 1.807) is 13.3 Å². The lowest BCUT2D eigenvalue weighted by Gasteiger charge is -2.11. The first-order valence-corrected chi connectivity index (χ1v) is 7.83. The van der Waals surface area contributed by atoms with Crippen molar-refractivity contribution in [3.63, 3.8) is 0 Å². The van der Waals surface area contributed by atoms with Crippen LogP contribution in [-0.2, 0) is 6.61 Å². The summed E-state index contributed by atoms with van der Waals surface area (Å²) >= 11 is 0. The lowest BCUT2D eigenvalue weighted by Crippen LogP contribution is -1.94.